The van der Waals surface area contributed by atoms with Gasteiger partial charge in [0.1, 0.15) is 5.82 Å². The maximum atomic E-state index is 11.4. The highest BCUT2D eigenvalue weighted by Crippen LogP contribution is 2.38. The highest BCUT2D eigenvalue weighted by atomic mass is 16.4. The molecule has 1 aliphatic rings. The Balaban J connectivity index is 2.15. The molecular weight excluding hydrogens is 280 g/mol. The van der Waals surface area contributed by atoms with Gasteiger partial charge in [-0.05, 0) is 53.9 Å². The zero-order chi connectivity index (χ0) is 16.7. The van der Waals surface area contributed by atoms with E-state index >= 15 is 0 Å². The minimum Gasteiger partial charge on any atom is -0.465 e. The van der Waals surface area contributed by atoms with Gasteiger partial charge in [-0.2, -0.15) is 5.10 Å². The molecule has 6 heteroatoms. The summed E-state index contributed by atoms with van der Waals surface area (Å²) in [7, 11) is 0. The minimum absolute atomic E-state index is 0.00143. The van der Waals surface area contributed by atoms with Gasteiger partial charge in [-0.15, -0.1) is 0 Å². The fourth-order valence-corrected chi connectivity index (χ4v) is 3.43. The van der Waals surface area contributed by atoms with Gasteiger partial charge in [0.25, 0.3) is 0 Å². The van der Waals surface area contributed by atoms with Crippen molar-refractivity contribution >= 4 is 11.9 Å². The van der Waals surface area contributed by atoms with Crippen LogP contribution in [0.1, 0.15) is 65.5 Å². The summed E-state index contributed by atoms with van der Waals surface area (Å²) < 4.78 is 1.85. The largest absolute Gasteiger partial charge is 0.465 e. The quantitative estimate of drug-likeness (QED) is 0.897. The zero-order valence-corrected chi connectivity index (χ0v) is 14.2. The van der Waals surface area contributed by atoms with Crippen LogP contribution >= 0.6 is 0 Å². The van der Waals surface area contributed by atoms with E-state index in [1.165, 1.54) is 0 Å². The van der Waals surface area contributed by atoms with Gasteiger partial charge in [0.15, 0.2) is 0 Å². The first-order valence-electron chi connectivity index (χ1n) is 7.98. The van der Waals surface area contributed by atoms with Crippen LogP contribution in [-0.2, 0) is 5.54 Å². The molecule has 1 heterocycles. The number of rotatable bonds is 3. The molecule has 0 bridgehead atoms. The second kappa shape index (κ2) is 5.82. The number of carbonyl (C=O) groups is 1. The van der Waals surface area contributed by atoms with Crippen LogP contribution in [-0.4, -0.2) is 38.0 Å². The third kappa shape index (κ3) is 3.20. The Labute approximate surface area is 132 Å². The predicted octanol–water partition coefficient (Wildman–Crippen LogP) is 3.24. The summed E-state index contributed by atoms with van der Waals surface area (Å²) in [5.74, 6) is 0.960. The number of nitrogen functional groups attached to an aromatic ring is 1. The van der Waals surface area contributed by atoms with Crippen molar-refractivity contribution in [1.29, 1.82) is 0 Å². The standard InChI is InChI=1S/C16H28N4O2/c1-10(2)19(15(21)22)12-7-6-11(8-12)13-9-14(17)20(18-13)16(3,4)5/h9-12H,6-8,17H2,1-5H3,(H,21,22). The number of nitrogens with two attached hydrogens (primary N) is 1. The molecule has 0 spiro atoms. The van der Waals surface area contributed by atoms with Gasteiger partial charge >= 0.3 is 6.09 Å². The van der Waals surface area contributed by atoms with Crippen LogP contribution in [0.4, 0.5) is 10.6 Å². The van der Waals surface area contributed by atoms with Crippen molar-refractivity contribution in [3.63, 3.8) is 0 Å². The first kappa shape index (κ1) is 16.6. The second-order valence-corrected chi connectivity index (χ2v) is 7.52. The Hall–Kier alpha value is -1.72. The molecule has 1 aromatic heterocycles. The van der Waals surface area contributed by atoms with E-state index in [0.29, 0.717) is 5.82 Å². The van der Waals surface area contributed by atoms with Crippen molar-refractivity contribution in [2.45, 2.75) is 77.4 Å². The monoisotopic (exact) mass is 308 g/mol. The molecule has 2 unspecified atom stereocenters. The summed E-state index contributed by atoms with van der Waals surface area (Å²) in [6.07, 6.45) is 1.84. The van der Waals surface area contributed by atoms with E-state index in [0.717, 1.165) is 25.0 Å². The van der Waals surface area contributed by atoms with E-state index in [1.807, 2.05) is 24.6 Å². The molecule has 1 fully saturated rings. The average Bonchev–Trinajstić information content (AvgIpc) is 2.93. The lowest BCUT2D eigenvalue weighted by Gasteiger charge is -2.30. The number of anilines is 1. The molecule has 6 nitrogen and oxygen atoms in total. The van der Waals surface area contributed by atoms with Crippen LogP contribution in [0.25, 0.3) is 0 Å². The normalized spacial score (nSPS) is 22.3. The molecule has 0 radical (unpaired) electrons. The van der Waals surface area contributed by atoms with E-state index in [-0.39, 0.29) is 23.5 Å². The molecule has 0 aliphatic heterocycles. The third-order valence-corrected chi connectivity index (χ3v) is 4.39. The molecule has 0 aromatic carbocycles. The molecule has 1 aromatic rings. The average molecular weight is 308 g/mol. The van der Waals surface area contributed by atoms with Crippen LogP contribution in [0.5, 0.6) is 0 Å². The Morgan fingerprint density at radius 2 is 2.09 bits per heavy atom. The molecule has 1 aliphatic carbocycles. The number of hydrogen-bond donors (Lipinski definition) is 2. The maximum Gasteiger partial charge on any atom is 0.407 e. The van der Waals surface area contributed by atoms with Crippen molar-refractivity contribution in [3.05, 3.63) is 11.8 Å². The maximum absolute atomic E-state index is 11.4. The van der Waals surface area contributed by atoms with Crippen LogP contribution < -0.4 is 5.73 Å². The lowest BCUT2D eigenvalue weighted by atomic mass is 10.0. The molecule has 3 N–H and O–H groups in total. The van der Waals surface area contributed by atoms with Gasteiger partial charge in [-0.3, -0.25) is 0 Å². The summed E-state index contributed by atoms with van der Waals surface area (Å²) in [6, 6.07) is 2.01. The number of aromatic nitrogens is 2. The lowest BCUT2D eigenvalue weighted by molar-refractivity contribution is 0.108. The second-order valence-electron chi connectivity index (χ2n) is 7.52. The molecule has 2 atom stereocenters. The van der Waals surface area contributed by atoms with Crippen molar-refractivity contribution in [2.24, 2.45) is 0 Å². The van der Waals surface area contributed by atoms with E-state index < -0.39 is 6.09 Å². The summed E-state index contributed by atoms with van der Waals surface area (Å²) in [5, 5.41) is 14.1. The molecule has 1 saturated carbocycles. The van der Waals surface area contributed by atoms with Gasteiger partial charge in [-0.25, -0.2) is 9.48 Å². The number of amides is 1. The summed E-state index contributed by atoms with van der Waals surface area (Å²) in [4.78, 5) is 13.0. The summed E-state index contributed by atoms with van der Waals surface area (Å²) in [5.41, 5.74) is 6.92. The van der Waals surface area contributed by atoms with Gasteiger partial charge < -0.3 is 15.7 Å². The summed E-state index contributed by atoms with van der Waals surface area (Å²) >= 11 is 0. The van der Waals surface area contributed by atoms with Crippen LogP contribution in [0.2, 0.25) is 0 Å². The molecule has 124 valence electrons. The number of carboxylic acid groups (broad SMARTS) is 1. The topological polar surface area (TPSA) is 84.4 Å². The van der Waals surface area contributed by atoms with Gasteiger partial charge in [0.2, 0.25) is 0 Å². The van der Waals surface area contributed by atoms with Gasteiger partial charge in [-0.1, -0.05) is 0 Å². The Morgan fingerprint density at radius 1 is 1.45 bits per heavy atom. The van der Waals surface area contributed by atoms with E-state index in [9.17, 15) is 9.90 Å². The molecule has 2 rings (SSSR count). The highest BCUT2D eigenvalue weighted by Gasteiger charge is 2.35. The number of hydrogen-bond acceptors (Lipinski definition) is 3. The van der Waals surface area contributed by atoms with E-state index in [1.54, 1.807) is 4.90 Å². The SMILES string of the molecule is CC(C)N(C(=O)O)C1CCC(c2cc(N)n(C(C)(C)C)n2)C1. The first-order valence-corrected chi connectivity index (χ1v) is 7.98. The highest BCUT2D eigenvalue weighted by molar-refractivity contribution is 5.66. The smallest absolute Gasteiger partial charge is 0.407 e. The van der Waals surface area contributed by atoms with E-state index in [2.05, 4.69) is 25.9 Å². The first-order chi connectivity index (χ1) is 10.1. The Kier molecular flexibility index (Phi) is 4.40. The van der Waals surface area contributed by atoms with Crippen molar-refractivity contribution < 1.29 is 9.90 Å². The summed E-state index contributed by atoms with van der Waals surface area (Å²) in [6.45, 7) is 10.1. The van der Waals surface area contributed by atoms with Crippen LogP contribution in [0, 0.1) is 0 Å². The minimum atomic E-state index is -0.833. The molecule has 0 saturated heterocycles. The predicted molar refractivity (Wildman–Crippen MR) is 87.0 cm³/mol. The van der Waals surface area contributed by atoms with Gasteiger partial charge in [0.05, 0.1) is 11.2 Å². The van der Waals surface area contributed by atoms with Crippen LogP contribution in [0.3, 0.4) is 0 Å². The molecule has 1 amide bonds. The van der Waals surface area contributed by atoms with Gasteiger partial charge in [0, 0.05) is 24.1 Å². The Bertz CT molecular complexity index is 545. The zero-order valence-electron chi connectivity index (χ0n) is 14.2. The molecule has 22 heavy (non-hydrogen) atoms. The third-order valence-electron chi connectivity index (χ3n) is 4.39. The van der Waals surface area contributed by atoms with Crippen LogP contribution in [0.15, 0.2) is 6.07 Å². The Morgan fingerprint density at radius 3 is 2.55 bits per heavy atom. The van der Waals surface area contributed by atoms with Crippen molar-refractivity contribution in [2.75, 3.05) is 5.73 Å². The fourth-order valence-electron chi connectivity index (χ4n) is 3.43. The van der Waals surface area contributed by atoms with Crippen molar-refractivity contribution in [3.8, 4) is 0 Å². The van der Waals surface area contributed by atoms with E-state index in [4.69, 9.17) is 5.73 Å². The lowest BCUT2D eigenvalue weighted by Crippen LogP contribution is -2.42. The molecular formula is C16H28N4O2. The van der Waals surface area contributed by atoms with Crippen molar-refractivity contribution in [1.82, 2.24) is 14.7 Å². The number of nitrogens with zero attached hydrogens (tertiary/aromatic N) is 3. The fraction of sp³-hybridized carbons (Fsp3) is 0.750.